The zero-order valence-electron chi connectivity index (χ0n) is 12.0. The number of halogens is 1. The lowest BCUT2D eigenvalue weighted by Gasteiger charge is -2.24. The van der Waals surface area contributed by atoms with Gasteiger partial charge in [0.15, 0.2) is 0 Å². The highest BCUT2D eigenvalue weighted by atomic mass is 35.5. The molecule has 106 valence electrons. The number of hydrogen-bond donors (Lipinski definition) is 0. The van der Waals surface area contributed by atoms with Crippen LogP contribution in [0.4, 0.5) is 0 Å². The highest BCUT2D eigenvalue weighted by molar-refractivity contribution is 6.17. The Morgan fingerprint density at radius 2 is 2.20 bits per heavy atom. The summed E-state index contributed by atoms with van der Waals surface area (Å²) in [6, 6.07) is 7.69. The summed E-state index contributed by atoms with van der Waals surface area (Å²) in [6.07, 6.45) is 0.692. The van der Waals surface area contributed by atoms with Crippen molar-refractivity contribution in [2.24, 2.45) is 0 Å². The molecule has 0 radical (unpaired) electrons. The second-order valence-electron chi connectivity index (χ2n) is 5.33. The van der Waals surface area contributed by atoms with Crippen LogP contribution >= 0.6 is 11.6 Å². The third-order valence-electron chi connectivity index (χ3n) is 3.37. The molecule has 0 spiro atoms. The molecule has 2 aromatic rings. The van der Waals surface area contributed by atoms with Crippen molar-refractivity contribution in [3.8, 4) is 6.07 Å². The first kappa shape index (κ1) is 14.8. The van der Waals surface area contributed by atoms with Gasteiger partial charge in [0.1, 0.15) is 5.82 Å². The topological polar surface area (TPSA) is 50.8 Å². The largest absolute Gasteiger partial charge is 0.377 e. The molecule has 0 atom stereocenters. The number of ether oxygens (including phenoxy) is 1. The van der Waals surface area contributed by atoms with E-state index in [0.717, 1.165) is 16.9 Å². The fraction of sp³-hybridized carbons (Fsp3) is 0.467. The van der Waals surface area contributed by atoms with Gasteiger partial charge >= 0.3 is 0 Å². The molecule has 0 aliphatic rings. The van der Waals surface area contributed by atoms with Crippen molar-refractivity contribution < 1.29 is 4.74 Å². The molecule has 2 rings (SSSR count). The van der Waals surface area contributed by atoms with Gasteiger partial charge in [0, 0.05) is 19.4 Å². The van der Waals surface area contributed by atoms with Gasteiger partial charge in [-0.3, -0.25) is 0 Å². The smallest absolute Gasteiger partial charge is 0.111 e. The lowest BCUT2D eigenvalue weighted by atomic mass is 10.1. The molecule has 0 bridgehead atoms. The van der Waals surface area contributed by atoms with Crippen LogP contribution in [0, 0.1) is 11.3 Å². The molecule has 0 unspecified atom stereocenters. The summed E-state index contributed by atoms with van der Waals surface area (Å²) in [6.45, 7) is 4.72. The SMILES string of the molecule is COC(C)(C)Cn1c(CCCl)nc2ccc(C#N)cc21. The van der Waals surface area contributed by atoms with E-state index in [1.165, 1.54) is 0 Å². The zero-order valence-corrected chi connectivity index (χ0v) is 12.7. The van der Waals surface area contributed by atoms with E-state index < -0.39 is 0 Å². The first-order valence-electron chi connectivity index (χ1n) is 6.51. The molecule has 0 aliphatic carbocycles. The average Bonchev–Trinajstić information content (AvgIpc) is 2.76. The fourth-order valence-corrected chi connectivity index (χ4v) is 2.31. The molecule has 1 heterocycles. The van der Waals surface area contributed by atoms with E-state index in [0.29, 0.717) is 24.4 Å². The molecule has 0 aliphatic heterocycles. The van der Waals surface area contributed by atoms with Crippen LogP contribution in [0.2, 0.25) is 0 Å². The van der Waals surface area contributed by atoms with Gasteiger partial charge in [-0.25, -0.2) is 4.98 Å². The molecule has 0 saturated carbocycles. The molecule has 0 N–H and O–H groups in total. The number of aromatic nitrogens is 2. The van der Waals surface area contributed by atoms with E-state index in [2.05, 4.69) is 15.6 Å². The number of methoxy groups -OCH3 is 1. The predicted octanol–water partition coefficient (Wildman–Crippen LogP) is 3.11. The first-order chi connectivity index (χ1) is 9.50. The molecule has 4 nitrogen and oxygen atoms in total. The van der Waals surface area contributed by atoms with E-state index in [1.807, 2.05) is 26.0 Å². The van der Waals surface area contributed by atoms with Crippen LogP contribution in [0.5, 0.6) is 0 Å². The Morgan fingerprint density at radius 3 is 2.80 bits per heavy atom. The molecule has 1 aromatic carbocycles. The van der Waals surface area contributed by atoms with Crippen LogP contribution in [0.1, 0.15) is 25.2 Å². The van der Waals surface area contributed by atoms with Gasteiger partial charge < -0.3 is 9.30 Å². The van der Waals surface area contributed by atoms with Gasteiger partial charge in [-0.15, -0.1) is 11.6 Å². The van der Waals surface area contributed by atoms with Gasteiger partial charge in [0.05, 0.1) is 34.8 Å². The predicted molar refractivity (Wildman–Crippen MR) is 80.0 cm³/mol. The Hall–Kier alpha value is -1.57. The van der Waals surface area contributed by atoms with Crippen LogP contribution in [0.3, 0.4) is 0 Å². The Balaban J connectivity index is 2.57. The maximum Gasteiger partial charge on any atom is 0.111 e. The van der Waals surface area contributed by atoms with E-state index >= 15 is 0 Å². The van der Waals surface area contributed by atoms with Gasteiger partial charge in [-0.1, -0.05) is 0 Å². The second kappa shape index (κ2) is 5.82. The number of imidazole rings is 1. The first-order valence-corrected chi connectivity index (χ1v) is 7.04. The quantitative estimate of drug-likeness (QED) is 0.795. The summed E-state index contributed by atoms with van der Waals surface area (Å²) in [5.74, 6) is 1.44. The zero-order chi connectivity index (χ0) is 14.8. The van der Waals surface area contributed by atoms with Gasteiger partial charge in [0.25, 0.3) is 0 Å². The minimum atomic E-state index is -0.308. The molecule has 1 aromatic heterocycles. The Kier molecular flexibility index (Phi) is 4.32. The minimum Gasteiger partial charge on any atom is -0.377 e. The summed E-state index contributed by atoms with van der Waals surface area (Å²) < 4.78 is 7.60. The molecule has 20 heavy (non-hydrogen) atoms. The summed E-state index contributed by atoms with van der Waals surface area (Å²) in [5, 5.41) is 9.05. The van der Waals surface area contributed by atoms with Crippen molar-refractivity contribution in [1.29, 1.82) is 5.26 Å². The van der Waals surface area contributed by atoms with Crippen molar-refractivity contribution in [3.63, 3.8) is 0 Å². The highest BCUT2D eigenvalue weighted by Crippen LogP contribution is 2.22. The fourth-order valence-electron chi connectivity index (χ4n) is 2.14. The van der Waals surface area contributed by atoms with Gasteiger partial charge in [-0.05, 0) is 32.0 Å². The number of fused-ring (bicyclic) bond motifs is 1. The number of hydrogen-bond acceptors (Lipinski definition) is 3. The average molecular weight is 292 g/mol. The lowest BCUT2D eigenvalue weighted by Crippen LogP contribution is -2.30. The van der Waals surface area contributed by atoms with Crippen molar-refractivity contribution in [3.05, 3.63) is 29.6 Å². The van der Waals surface area contributed by atoms with E-state index in [9.17, 15) is 0 Å². The van der Waals surface area contributed by atoms with Crippen LogP contribution in [-0.2, 0) is 17.7 Å². The van der Waals surface area contributed by atoms with E-state index in [4.69, 9.17) is 21.6 Å². The van der Waals surface area contributed by atoms with E-state index in [-0.39, 0.29) is 5.60 Å². The number of nitriles is 1. The normalized spacial score (nSPS) is 11.8. The number of aryl methyl sites for hydroxylation is 1. The summed E-state index contributed by atoms with van der Waals surface area (Å²) >= 11 is 5.86. The molecule has 5 heteroatoms. The highest BCUT2D eigenvalue weighted by Gasteiger charge is 2.21. The molecular formula is C15H18ClN3O. The van der Waals surface area contributed by atoms with Gasteiger partial charge in [0.2, 0.25) is 0 Å². The lowest BCUT2D eigenvalue weighted by molar-refractivity contribution is 0.00846. The number of rotatable bonds is 5. The minimum absolute atomic E-state index is 0.308. The Labute approximate surface area is 123 Å². The molecule has 0 fully saturated rings. The van der Waals surface area contributed by atoms with Crippen molar-refractivity contribution in [2.75, 3.05) is 13.0 Å². The second-order valence-corrected chi connectivity index (χ2v) is 5.71. The van der Waals surface area contributed by atoms with Crippen LogP contribution in [0.25, 0.3) is 11.0 Å². The van der Waals surface area contributed by atoms with Gasteiger partial charge in [-0.2, -0.15) is 5.26 Å². The van der Waals surface area contributed by atoms with Crippen LogP contribution < -0.4 is 0 Å². The summed E-state index contributed by atoms with van der Waals surface area (Å²) in [4.78, 5) is 4.61. The monoisotopic (exact) mass is 291 g/mol. The number of nitrogens with zero attached hydrogens (tertiary/aromatic N) is 3. The standard InChI is InChI=1S/C15H18ClN3O/c1-15(2,20-3)10-19-13-8-11(9-17)4-5-12(13)18-14(19)6-7-16/h4-5,8H,6-7,10H2,1-3H3. The third kappa shape index (κ3) is 2.95. The van der Waals surface area contributed by atoms with Crippen molar-refractivity contribution in [1.82, 2.24) is 9.55 Å². The maximum atomic E-state index is 9.05. The summed E-state index contributed by atoms with van der Waals surface area (Å²) in [7, 11) is 1.70. The number of alkyl halides is 1. The number of benzene rings is 1. The maximum absolute atomic E-state index is 9.05. The Morgan fingerprint density at radius 1 is 1.45 bits per heavy atom. The summed E-state index contributed by atoms with van der Waals surface area (Å²) in [5.41, 5.74) is 2.16. The van der Waals surface area contributed by atoms with Crippen molar-refractivity contribution in [2.45, 2.75) is 32.4 Å². The van der Waals surface area contributed by atoms with Crippen LogP contribution in [0.15, 0.2) is 18.2 Å². The molecule has 0 amide bonds. The van der Waals surface area contributed by atoms with Crippen LogP contribution in [-0.4, -0.2) is 28.1 Å². The third-order valence-corrected chi connectivity index (χ3v) is 3.55. The molecular weight excluding hydrogens is 274 g/mol. The van der Waals surface area contributed by atoms with Crippen molar-refractivity contribution >= 4 is 22.6 Å². The Bertz CT molecular complexity index is 655. The molecule has 0 saturated heterocycles. The van der Waals surface area contributed by atoms with E-state index in [1.54, 1.807) is 13.2 Å².